The zero-order valence-electron chi connectivity index (χ0n) is 17.3. The number of nitrogens with zero attached hydrogens (tertiary/aromatic N) is 2. The minimum Gasteiger partial charge on any atom is -0.493 e. The number of rotatable bonds is 6. The third-order valence-corrected chi connectivity index (χ3v) is 6.03. The SMILES string of the molecule is COc1ccc([C@@H]2CN(CC3CCOC3)C[C@H]2c2cc(=O)[nH]c(C)n2)cc1OC. The Hall–Kier alpha value is -2.38. The van der Waals surface area contributed by atoms with Crippen LogP contribution in [-0.4, -0.2) is 61.9 Å². The molecule has 0 radical (unpaired) electrons. The van der Waals surface area contributed by atoms with E-state index in [1.54, 1.807) is 20.3 Å². The molecule has 2 aliphatic heterocycles. The summed E-state index contributed by atoms with van der Waals surface area (Å²) in [6.45, 7) is 6.34. The predicted octanol–water partition coefficient (Wildman–Crippen LogP) is 2.32. The van der Waals surface area contributed by atoms with Crippen LogP contribution in [-0.2, 0) is 4.74 Å². The first-order valence-electron chi connectivity index (χ1n) is 10.2. The number of hydrogen-bond donors (Lipinski definition) is 1. The van der Waals surface area contributed by atoms with Crippen molar-refractivity contribution < 1.29 is 14.2 Å². The number of H-pyrrole nitrogens is 1. The molecule has 7 nitrogen and oxygen atoms in total. The zero-order chi connectivity index (χ0) is 20.4. The molecule has 3 heterocycles. The maximum atomic E-state index is 12.1. The van der Waals surface area contributed by atoms with Crippen LogP contribution in [0, 0.1) is 12.8 Å². The minimum atomic E-state index is -0.0961. The average molecular weight is 399 g/mol. The summed E-state index contributed by atoms with van der Waals surface area (Å²) >= 11 is 0. The van der Waals surface area contributed by atoms with Crippen LogP contribution < -0.4 is 15.0 Å². The molecule has 2 fully saturated rings. The number of hydrogen-bond acceptors (Lipinski definition) is 6. The summed E-state index contributed by atoms with van der Waals surface area (Å²) in [7, 11) is 3.30. The van der Waals surface area contributed by atoms with E-state index in [4.69, 9.17) is 14.2 Å². The lowest BCUT2D eigenvalue weighted by atomic mass is 9.86. The van der Waals surface area contributed by atoms with E-state index in [0.29, 0.717) is 11.7 Å². The van der Waals surface area contributed by atoms with Crippen molar-refractivity contribution in [3.8, 4) is 11.5 Å². The number of nitrogens with one attached hydrogen (secondary N) is 1. The van der Waals surface area contributed by atoms with Crippen molar-refractivity contribution in [2.45, 2.75) is 25.2 Å². The van der Waals surface area contributed by atoms with Gasteiger partial charge in [0.2, 0.25) is 0 Å². The van der Waals surface area contributed by atoms with Crippen molar-refractivity contribution in [1.29, 1.82) is 0 Å². The number of likely N-dealkylation sites (tertiary alicyclic amines) is 1. The van der Waals surface area contributed by atoms with Crippen molar-refractivity contribution in [3.05, 3.63) is 51.7 Å². The second-order valence-corrected chi connectivity index (χ2v) is 8.03. The predicted molar refractivity (Wildman–Crippen MR) is 110 cm³/mol. The van der Waals surface area contributed by atoms with E-state index in [9.17, 15) is 4.79 Å². The molecule has 2 aliphatic rings. The highest BCUT2D eigenvalue weighted by Gasteiger charge is 2.37. The van der Waals surface area contributed by atoms with Gasteiger partial charge in [-0.25, -0.2) is 4.98 Å². The van der Waals surface area contributed by atoms with Gasteiger partial charge in [0, 0.05) is 44.1 Å². The molecule has 0 spiro atoms. The number of aromatic nitrogens is 2. The van der Waals surface area contributed by atoms with Crippen LogP contribution in [0.4, 0.5) is 0 Å². The lowest BCUT2D eigenvalue weighted by Crippen LogP contribution is -2.28. The second-order valence-electron chi connectivity index (χ2n) is 8.03. The van der Waals surface area contributed by atoms with Gasteiger partial charge in [-0.3, -0.25) is 4.79 Å². The summed E-state index contributed by atoms with van der Waals surface area (Å²) in [5, 5.41) is 0. The van der Waals surface area contributed by atoms with Gasteiger partial charge in [0.25, 0.3) is 5.56 Å². The summed E-state index contributed by atoms with van der Waals surface area (Å²) in [6, 6.07) is 7.75. The summed E-state index contributed by atoms with van der Waals surface area (Å²) in [5.41, 5.74) is 1.94. The molecule has 2 aromatic rings. The highest BCUT2D eigenvalue weighted by atomic mass is 16.5. The molecule has 2 saturated heterocycles. The number of methoxy groups -OCH3 is 2. The van der Waals surface area contributed by atoms with Gasteiger partial charge in [0.1, 0.15) is 5.82 Å². The molecule has 156 valence electrons. The Morgan fingerprint density at radius 3 is 2.66 bits per heavy atom. The minimum absolute atomic E-state index is 0.0961. The van der Waals surface area contributed by atoms with Crippen LogP contribution in [0.2, 0.25) is 0 Å². The molecule has 1 aromatic carbocycles. The van der Waals surface area contributed by atoms with E-state index in [1.165, 1.54) is 5.56 Å². The van der Waals surface area contributed by atoms with Crippen molar-refractivity contribution in [3.63, 3.8) is 0 Å². The monoisotopic (exact) mass is 399 g/mol. The van der Waals surface area contributed by atoms with Crippen LogP contribution >= 0.6 is 0 Å². The average Bonchev–Trinajstić information content (AvgIpc) is 3.37. The van der Waals surface area contributed by atoms with Gasteiger partial charge in [-0.05, 0) is 37.0 Å². The molecule has 0 amide bonds. The topological polar surface area (TPSA) is 76.7 Å². The molecule has 0 saturated carbocycles. The van der Waals surface area contributed by atoms with Gasteiger partial charge in [-0.1, -0.05) is 6.07 Å². The van der Waals surface area contributed by atoms with E-state index < -0.39 is 0 Å². The standard InChI is InChI=1S/C22H29N3O4/c1-14-23-19(9-22(26)24-14)18-12-25(10-15-6-7-29-13-15)11-17(18)16-4-5-20(27-2)21(8-16)28-3/h4-5,8-9,15,17-18H,6-7,10-13H2,1-3H3,(H,23,24,26)/t15?,17-,18+/m0/s1. The van der Waals surface area contributed by atoms with Gasteiger partial charge in [0.05, 0.1) is 26.5 Å². The maximum Gasteiger partial charge on any atom is 0.251 e. The Morgan fingerprint density at radius 2 is 1.97 bits per heavy atom. The van der Waals surface area contributed by atoms with E-state index in [2.05, 4.69) is 27.0 Å². The van der Waals surface area contributed by atoms with Crippen molar-refractivity contribution in [1.82, 2.24) is 14.9 Å². The Balaban J connectivity index is 1.66. The fourth-order valence-electron chi connectivity index (χ4n) is 4.64. The van der Waals surface area contributed by atoms with Gasteiger partial charge in [0.15, 0.2) is 11.5 Å². The first-order chi connectivity index (χ1) is 14.1. The molecule has 4 rings (SSSR count). The number of aryl methyl sites for hydroxylation is 1. The third kappa shape index (κ3) is 4.31. The van der Waals surface area contributed by atoms with Crippen molar-refractivity contribution in [2.24, 2.45) is 5.92 Å². The molecule has 1 aromatic heterocycles. The van der Waals surface area contributed by atoms with Crippen LogP contribution in [0.15, 0.2) is 29.1 Å². The largest absolute Gasteiger partial charge is 0.493 e. The molecule has 29 heavy (non-hydrogen) atoms. The van der Waals surface area contributed by atoms with Gasteiger partial charge in [-0.2, -0.15) is 0 Å². The van der Waals surface area contributed by atoms with Gasteiger partial charge >= 0.3 is 0 Å². The summed E-state index contributed by atoms with van der Waals surface area (Å²) in [6.07, 6.45) is 1.12. The Kier molecular flexibility index (Phi) is 5.87. The van der Waals surface area contributed by atoms with Gasteiger partial charge in [-0.15, -0.1) is 0 Å². The zero-order valence-corrected chi connectivity index (χ0v) is 17.3. The molecular weight excluding hydrogens is 370 g/mol. The third-order valence-electron chi connectivity index (χ3n) is 6.03. The van der Waals surface area contributed by atoms with Crippen LogP contribution in [0.5, 0.6) is 11.5 Å². The number of aromatic amines is 1. The molecule has 0 aliphatic carbocycles. The normalized spacial score (nSPS) is 24.7. The highest BCUT2D eigenvalue weighted by Crippen LogP contribution is 2.41. The van der Waals surface area contributed by atoms with Gasteiger partial charge < -0.3 is 24.1 Å². The van der Waals surface area contributed by atoms with Crippen molar-refractivity contribution in [2.75, 3.05) is 47.1 Å². The lowest BCUT2D eigenvalue weighted by Gasteiger charge is -2.20. The summed E-state index contributed by atoms with van der Waals surface area (Å²) in [5.74, 6) is 3.05. The van der Waals surface area contributed by atoms with E-state index in [1.807, 2.05) is 13.0 Å². The molecule has 3 atom stereocenters. The van der Waals surface area contributed by atoms with Crippen LogP contribution in [0.25, 0.3) is 0 Å². The molecule has 1 N–H and O–H groups in total. The molecular formula is C22H29N3O4. The molecule has 0 bridgehead atoms. The molecule has 7 heteroatoms. The Bertz CT molecular complexity index is 907. The Morgan fingerprint density at radius 1 is 1.17 bits per heavy atom. The first-order valence-corrected chi connectivity index (χ1v) is 10.2. The summed E-state index contributed by atoms with van der Waals surface area (Å²) in [4.78, 5) is 22.0. The second kappa shape index (κ2) is 8.55. The maximum absolute atomic E-state index is 12.1. The van der Waals surface area contributed by atoms with E-state index >= 15 is 0 Å². The van der Waals surface area contributed by atoms with E-state index in [-0.39, 0.29) is 17.4 Å². The van der Waals surface area contributed by atoms with Crippen LogP contribution in [0.1, 0.15) is 35.3 Å². The Labute approximate surface area is 171 Å². The quantitative estimate of drug-likeness (QED) is 0.803. The smallest absolute Gasteiger partial charge is 0.251 e. The highest BCUT2D eigenvalue weighted by molar-refractivity contribution is 5.45. The fraction of sp³-hybridized carbons (Fsp3) is 0.545. The summed E-state index contributed by atoms with van der Waals surface area (Å²) < 4.78 is 16.5. The van der Waals surface area contributed by atoms with E-state index in [0.717, 1.165) is 56.5 Å². The van der Waals surface area contributed by atoms with Crippen LogP contribution in [0.3, 0.4) is 0 Å². The number of ether oxygens (including phenoxy) is 3. The fourth-order valence-corrected chi connectivity index (χ4v) is 4.64. The molecule has 1 unspecified atom stereocenters. The lowest BCUT2D eigenvalue weighted by molar-refractivity contribution is 0.173. The number of benzene rings is 1. The van der Waals surface area contributed by atoms with Crippen molar-refractivity contribution >= 4 is 0 Å². The first kappa shape index (κ1) is 19.9.